The molecular weight excluding hydrogens is 390 g/mol. The molecule has 1 atom stereocenters. The number of hydrogen-bond donors (Lipinski definition) is 1. The quantitative estimate of drug-likeness (QED) is 0.712. The lowest BCUT2D eigenvalue weighted by Crippen LogP contribution is -2.50. The van der Waals surface area contributed by atoms with Gasteiger partial charge in [-0.05, 0) is 32.2 Å². The number of halogens is 7. The molecule has 0 aliphatic carbocycles. The molecule has 2 rings (SSSR count). The van der Waals surface area contributed by atoms with Crippen LogP contribution in [0.3, 0.4) is 0 Å². The van der Waals surface area contributed by atoms with E-state index in [1.807, 2.05) is 18.9 Å². The van der Waals surface area contributed by atoms with Crippen LogP contribution in [0.15, 0.2) is 18.2 Å². The number of carboxylic acids is 1. The van der Waals surface area contributed by atoms with Gasteiger partial charge in [-0.2, -0.15) is 26.3 Å². The summed E-state index contributed by atoms with van der Waals surface area (Å²) in [5.41, 5.74) is -0.185. The van der Waals surface area contributed by atoms with Gasteiger partial charge in [0.2, 0.25) is 0 Å². The van der Waals surface area contributed by atoms with E-state index in [-0.39, 0.29) is 6.04 Å². The Bertz CT molecular complexity index is 636. The molecule has 1 aromatic rings. The third kappa shape index (κ3) is 6.24. The molecule has 1 heterocycles. The zero-order valence-electron chi connectivity index (χ0n) is 13.8. The number of aliphatic carboxylic acids is 1. The van der Waals surface area contributed by atoms with Crippen LogP contribution in [0.5, 0.6) is 0 Å². The third-order valence-electron chi connectivity index (χ3n) is 3.66. The average Bonchev–Trinajstić information content (AvgIpc) is 2.47. The van der Waals surface area contributed by atoms with Crippen molar-refractivity contribution in [2.45, 2.75) is 25.3 Å². The van der Waals surface area contributed by atoms with Gasteiger partial charge in [0.25, 0.3) is 0 Å². The Balaban J connectivity index is 0.000000412. The summed E-state index contributed by atoms with van der Waals surface area (Å²) in [6, 6.07) is 3.63. The average molecular weight is 407 g/mol. The highest BCUT2D eigenvalue weighted by Gasteiger charge is 2.38. The summed E-state index contributed by atoms with van der Waals surface area (Å²) in [6.45, 7) is 4.30. The molecule has 148 valence electrons. The van der Waals surface area contributed by atoms with Crippen LogP contribution in [-0.2, 0) is 11.0 Å². The van der Waals surface area contributed by atoms with Crippen LogP contribution < -0.4 is 4.90 Å². The van der Waals surface area contributed by atoms with Gasteiger partial charge in [-0.15, -0.1) is 0 Å². The fourth-order valence-electron chi connectivity index (χ4n) is 2.41. The van der Waals surface area contributed by atoms with Gasteiger partial charge in [-0.25, -0.2) is 4.79 Å². The summed E-state index contributed by atoms with van der Waals surface area (Å²) >= 11 is 6.06. The number of hydrogen-bond acceptors (Lipinski definition) is 3. The molecule has 0 aromatic heterocycles. The molecule has 26 heavy (non-hydrogen) atoms. The molecule has 1 aromatic carbocycles. The summed E-state index contributed by atoms with van der Waals surface area (Å²) in [5, 5.41) is 7.49. The topological polar surface area (TPSA) is 43.8 Å². The minimum atomic E-state index is -5.08. The van der Waals surface area contributed by atoms with Crippen molar-refractivity contribution >= 4 is 23.3 Å². The maximum atomic E-state index is 12.8. The van der Waals surface area contributed by atoms with Crippen molar-refractivity contribution in [1.29, 1.82) is 0 Å². The largest absolute Gasteiger partial charge is 0.490 e. The molecule has 0 unspecified atom stereocenters. The first-order valence-corrected chi connectivity index (χ1v) is 7.73. The van der Waals surface area contributed by atoms with E-state index < -0.39 is 23.9 Å². The van der Waals surface area contributed by atoms with Gasteiger partial charge >= 0.3 is 18.3 Å². The maximum absolute atomic E-state index is 12.8. The summed E-state index contributed by atoms with van der Waals surface area (Å²) < 4.78 is 70.0. The molecule has 1 N–H and O–H groups in total. The Kier molecular flexibility index (Phi) is 7.17. The van der Waals surface area contributed by atoms with Crippen molar-refractivity contribution in [3.8, 4) is 0 Å². The molecule has 0 bridgehead atoms. The molecule has 0 amide bonds. The predicted octanol–water partition coefficient (Wildman–Crippen LogP) is 4.13. The molecule has 1 aliphatic heterocycles. The second kappa shape index (κ2) is 8.34. The van der Waals surface area contributed by atoms with Crippen LogP contribution in [0, 0.1) is 0 Å². The first-order chi connectivity index (χ1) is 11.7. The number of carboxylic acid groups (broad SMARTS) is 1. The standard InChI is InChI=1S/C13H16ClF3N2.C2HF3O2/c1-9-8-18(2)5-6-19(9)12-7-10(13(15,16)17)3-4-11(12)14;3-2(4,5)1(6)7/h3-4,7,9H,5-6,8H2,1-2H3;(H,6,7)/t9-;/m0./s1. The number of nitrogens with zero attached hydrogens (tertiary/aromatic N) is 2. The van der Waals surface area contributed by atoms with Crippen LogP contribution >= 0.6 is 11.6 Å². The highest BCUT2D eigenvalue weighted by Crippen LogP contribution is 2.36. The number of piperazine rings is 1. The zero-order chi connectivity index (χ0) is 20.3. The molecule has 1 fully saturated rings. The van der Waals surface area contributed by atoms with E-state index in [2.05, 4.69) is 4.90 Å². The number of alkyl halides is 6. The number of carbonyl (C=O) groups is 1. The Morgan fingerprint density at radius 3 is 2.15 bits per heavy atom. The van der Waals surface area contributed by atoms with Crippen LogP contribution in [0.1, 0.15) is 12.5 Å². The van der Waals surface area contributed by atoms with Crippen molar-refractivity contribution in [2.75, 3.05) is 31.6 Å². The second-order valence-electron chi connectivity index (χ2n) is 5.77. The van der Waals surface area contributed by atoms with Crippen molar-refractivity contribution in [1.82, 2.24) is 4.90 Å². The Labute approximate surface area is 150 Å². The Morgan fingerprint density at radius 2 is 1.73 bits per heavy atom. The molecule has 1 saturated heterocycles. The molecule has 0 spiro atoms. The summed E-state index contributed by atoms with van der Waals surface area (Å²) in [5.74, 6) is -2.76. The third-order valence-corrected chi connectivity index (χ3v) is 3.98. The van der Waals surface area contributed by atoms with Crippen LogP contribution in [-0.4, -0.2) is 54.9 Å². The van der Waals surface area contributed by atoms with Crippen molar-refractivity contribution in [3.05, 3.63) is 28.8 Å². The van der Waals surface area contributed by atoms with Crippen LogP contribution in [0.4, 0.5) is 32.0 Å². The molecule has 4 nitrogen and oxygen atoms in total. The van der Waals surface area contributed by atoms with Crippen molar-refractivity contribution in [2.24, 2.45) is 0 Å². The predicted molar refractivity (Wildman–Crippen MR) is 84.4 cm³/mol. The summed E-state index contributed by atoms with van der Waals surface area (Å²) in [7, 11) is 2.00. The highest BCUT2D eigenvalue weighted by atomic mass is 35.5. The fourth-order valence-corrected chi connectivity index (χ4v) is 2.63. The van der Waals surface area contributed by atoms with Crippen LogP contribution in [0.25, 0.3) is 0 Å². The Morgan fingerprint density at radius 1 is 1.19 bits per heavy atom. The van der Waals surface area contributed by atoms with Gasteiger partial charge in [0.1, 0.15) is 0 Å². The van der Waals surface area contributed by atoms with E-state index in [9.17, 15) is 26.3 Å². The van der Waals surface area contributed by atoms with E-state index in [1.54, 1.807) is 0 Å². The fraction of sp³-hybridized carbons (Fsp3) is 0.533. The lowest BCUT2D eigenvalue weighted by molar-refractivity contribution is -0.192. The van der Waals surface area contributed by atoms with Gasteiger partial charge in [-0.3, -0.25) is 0 Å². The number of anilines is 1. The Hall–Kier alpha value is -1.68. The van der Waals surface area contributed by atoms with E-state index in [0.29, 0.717) is 17.3 Å². The number of likely N-dealkylation sites (N-methyl/N-ethyl adjacent to an activating group) is 1. The van der Waals surface area contributed by atoms with E-state index in [4.69, 9.17) is 21.5 Å². The molecule has 1 aliphatic rings. The van der Waals surface area contributed by atoms with Gasteiger partial charge in [0.05, 0.1) is 16.3 Å². The van der Waals surface area contributed by atoms with Gasteiger partial charge in [0.15, 0.2) is 0 Å². The first-order valence-electron chi connectivity index (χ1n) is 7.35. The van der Waals surface area contributed by atoms with Crippen LogP contribution in [0.2, 0.25) is 5.02 Å². The van der Waals surface area contributed by atoms with E-state index >= 15 is 0 Å². The second-order valence-corrected chi connectivity index (χ2v) is 6.18. The SMILES string of the molecule is C[C@H]1CN(C)CCN1c1cc(C(F)(F)F)ccc1Cl.O=C(O)C(F)(F)F. The van der Waals surface area contributed by atoms with Gasteiger partial charge in [-0.1, -0.05) is 11.6 Å². The van der Waals surface area contributed by atoms with Crippen molar-refractivity contribution in [3.63, 3.8) is 0 Å². The summed E-state index contributed by atoms with van der Waals surface area (Å²) in [6.07, 6.45) is -9.42. The zero-order valence-corrected chi connectivity index (χ0v) is 14.6. The number of benzene rings is 1. The highest BCUT2D eigenvalue weighted by molar-refractivity contribution is 6.33. The maximum Gasteiger partial charge on any atom is 0.490 e. The first kappa shape index (κ1) is 22.4. The molecule has 0 radical (unpaired) electrons. The minimum Gasteiger partial charge on any atom is -0.475 e. The molecule has 11 heteroatoms. The normalized spacial score (nSPS) is 19.0. The number of rotatable bonds is 1. The van der Waals surface area contributed by atoms with Gasteiger partial charge < -0.3 is 14.9 Å². The molecule has 0 saturated carbocycles. The smallest absolute Gasteiger partial charge is 0.475 e. The molecular formula is C15H17ClF6N2O2. The lowest BCUT2D eigenvalue weighted by Gasteiger charge is -2.40. The van der Waals surface area contributed by atoms with E-state index in [1.165, 1.54) is 6.07 Å². The van der Waals surface area contributed by atoms with E-state index in [0.717, 1.165) is 25.2 Å². The minimum absolute atomic E-state index is 0.139. The van der Waals surface area contributed by atoms with Crippen molar-refractivity contribution < 1.29 is 36.2 Å². The summed E-state index contributed by atoms with van der Waals surface area (Å²) in [4.78, 5) is 13.0. The van der Waals surface area contributed by atoms with Gasteiger partial charge in [0, 0.05) is 25.7 Å². The lowest BCUT2D eigenvalue weighted by atomic mass is 10.1. The monoisotopic (exact) mass is 406 g/mol.